The van der Waals surface area contributed by atoms with Crippen molar-refractivity contribution in [3.63, 3.8) is 0 Å². The summed E-state index contributed by atoms with van der Waals surface area (Å²) in [5.41, 5.74) is 27.0. The van der Waals surface area contributed by atoms with Gasteiger partial charge in [0.2, 0.25) is 94.5 Å². The number of carbonyl (C=O) groups is 16. The number of para-hydroxylation sites is 2. The third-order valence-corrected chi connectivity index (χ3v) is 26.3. The van der Waals surface area contributed by atoms with Gasteiger partial charge >= 0.3 is 0 Å². The number of guanidine groups is 1. The van der Waals surface area contributed by atoms with Crippen molar-refractivity contribution in [1.29, 1.82) is 5.41 Å². The summed E-state index contributed by atoms with van der Waals surface area (Å²) in [6.07, 6.45) is 0.458. The molecule has 141 heavy (non-hydrogen) atoms. The van der Waals surface area contributed by atoms with Crippen LogP contribution in [0.25, 0.3) is 33.1 Å². The number of H-pyrrole nitrogens is 2. The van der Waals surface area contributed by atoms with E-state index in [2.05, 4.69) is 75.0 Å². The molecule has 0 saturated carbocycles. The van der Waals surface area contributed by atoms with Crippen LogP contribution in [-0.4, -0.2) is 320 Å². The molecule has 0 unspecified atom stereocenters. The fraction of sp³-hybridized carbons (Fsp3) is 0.515. The molecule has 766 valence electrons. The first-order valence-corrected chi connectivity index (χ1v) is 48.8. The number of rotatable bonds is 28. The van der Waals surface area contributed by atoms with E-state index < -0.39 is 236 Å². The smallest absolute Gasteiger partial charge is 0.246 e. The van der Waals surface area contributed by atoms with Crippen LogP contribution in [0.1, 0.15) is 142 Å². The first-order valence-electron chi connectivity index (χ1n) is 47.6. The lowest BCUT2D eigenvalue weighted by molar-refractivity contribution is -0.147. The number of aromatic hydroxyl groups is 1. The van der Waals surface area contributed by atoms with E-state index in [-0.39, 0.29) is 101 Å². The number of aromatic amines is 2. The molecule has 3 aliphatic rings. The van der Waals surface area contributed by atoms with Crippen LogP contribution < -0.4 is 86.2 Å². The fourth-order valence-corrected chi connectivity index (χ4v) is 18.4. The second-order valence-corrected chi connectivity index (χ2v) is 37.2. The minimum Gasteiger partial charge on any atom is -0.508 e. The number of nitrogens with one attached hydrogen (secondary N) is 14. The Bertz CT molecular complexity index is 5440. The Morgan fingerprint density at radius 1 is 0.589 bits per heavy atom. The average Bonchev–Trinajstić information content (AvgIpc) is 1.63. The monoisotopic (exact) mass is 1980 g/mol. The van der Waals surface area contributed by atoms with E-state index in [1.165, 1.54) is 62.1 Å². The number of hydrogen-bond donors (Lipinski definition) is 21. The molecule has 16 amide bonds. The number of phenols is 1. The Morgan fingerprint density at radius 2 is 1.17 bits per heavy atom. The zero-order chi connectivity index (χ0) is 103. The minimum atomic E-state index is -1.91. The molecule has 6 aromatic rings. The van der Waals surface area contributed by atoms with Crippen LogP contribution in [-0.2, 0) is 96.0 Å². The van der Waals surface area contributed by atoms with Crippen molar-refractivity contribution in [1.82, 2.24) is 93.0 Å². The van der Waals surface area contributed by atoms with Gasteiger partial charge in [-0.2, -0.15) is 0 Å². The summed E-state index contributed by atoms with van der Waals surface area (Å²) in [6, 6.07) is 5.82. The molecule has 25 N–H and O–H groups in total. The van der Waals surface area contributed by atoms with Crippen molar-refractivity contribution < 1.29 is 96.8 Å². The number of benzene rings is 4. The second kappa shape index (κ2) is 52.9. The van der Waals surface area contributed by atoms with Gasteiger partial charge in [-0.3, -0.25) is 82.1 Å². The Kier molecular flexibility index (Phi) is 41.6. The van der Waals surface area contributed by atoms with E-state index in [0.717, 1.165) is 26.5 Å². The highest BCUT2D eigenvalue weighted by molar-refractivity contribution is 8.00. The summed E-state index contributed by atoms with van der Waals surface area (Å²) >= 11 is 0.805. The molecule has 0 bridgehead atoms. The van der Waals surface area contributed by atoms with Crippen molar-refractivity contribution in [3.05, 3.63) is 132 Å². The number of phenolic OH excluding ortho intramolecular Hbond substituents is 1. The maximum absolute atomic E-state index is 16.3. The van der Waals surface area contributed by atoms with Gasteiger partial charge in [-0.15, -0.1) is 11.8 Å². The van der Waals surface area contributed by atoms with E-state index in [0.29, 0.717) is 87.8 Å². The normalized spacial score (nSPS) is 24.2. The number of nitrogens with zero attached hydrogens (tertiary/aromatic N) is 5. The number of aliphatic hydroxyl groups excluding tert-OH is 2. The molecular formula is C97H137N23O20S. The molecule has 9 rings (SSSR count). The van der Waals surface area contributed by atoms with Crippen LogP contribution in [0.15, 0.2) is 116 Å². The van der Waals surface area contributed by atoms with E-state index in [9.17, 15) is 58.5 Å². The van der Waals surface area contributed by atoms with Crippen LogP contribution in [0.5, 0.6) is 11.5 Å². The number of amides is 16. The number of aliphatic hydroxyl groups is 2. The van der Waals surface area contributed by atoms with Gasteiger partial charge in [-0.1, -0.05) is 108 Å². The molecule has 4 aromatic carbocycles. The van der Waals surface area contributed by atoms with Crippen LogP contribution in [0, 0.1) is 11.3 Å². The molecule has 2 aromatic heterocycles. The minimum absolute atomic E-state index is 0.0176. The van der Waals surface area contributed by atoms with Gasteiger partial charge in [0, 0.05) is 118 Å². The first-order chi connectivity index (χ1) is 67.2. The topological polar surface area (TPSA) is 651 Å². The maximum Gasteiger partial charge on any atom is 0.246 e. The number of fused-ring (bicyclic) bond motifs is 4. The van der Waals surface area contributed by atoms with Gasteiger partial charge in [0.15, 0.2) is 5.96 Å². The van der Waals surface area contributed by atoms with Gasteiger partial charge in [-0.05, 0) is 135 Å². The highest BCUT2D eigenvalue weighted by Gasteiger charge is 2.47. The highest BCUT2D eigenvalue weighted by Crippen LogP contribution is 2.35. The largest absolute Gasteiger partial charge is 0.508 e. The molecule has 0 radical (unpaired) electrons. The Balaban J connectivity index is 1.13. The number of ether oxygens (including phenoxy) is 1. The van der Waals surface area contributed by atoms with Crippen LogP contribution in [0.3, 0.4) is 0 Å². The standard InChI is InChI=1S/C97H137N23O20S/c1-11-14-27-76-54(6)106-67(26-20-38-103-97(101)102)86(129)115-75(85(128)105-48-81(100)125)51-141-52-82(126)107-70(41-56-30-34-59(122)35-31-56)92(135)116(8)55(7)84(127)110-72(45-80(99)124)94(137)119-39-21-29-77(119)90(133)113-73(46-98)88(131)111-69(40-53(4)5)95(138)120-49-60(123)43-79(120)91(134)109-68(42-58-47-104-65-24-18-16-22-62(58)65)87(130)114-74(50-121)89(132)112-71(93(136)118(10)78(28-15-12-2)96(139)117(76)9)44-64-63-23-17-19-25-66(63)108-83(64)57-32-36-61(37-33-57)140-13-3/h16-19,22-25,30-37,47,53,55,60,67-79,104,106,108,121-123H,6,11-15,20-21,26-29,38-46,48-52,98H2,1-5,7-10H3,(H2,99,124)(H2,100,125)(H,105,128)(H,107,126)(H,109,134)(H,110,127)(H,111,131)(H,112,132)(H,113,133)(H,114,130)(H,115,129)(H4,101,102,103)/t55-,60+,67-,68-,69-,70-,71-,72-,73-,74-,75-,76-,77-,78-,79-/m0/s1. The summed E-state index contributed by atoms with van der Waals surface area (Å²) < 4.78 is 5.81. The number of unbranched alkanes of at least 4 members (excludes halogenated alkanes) is 2. The van der Waals surface area contributed by atoms with Crippen molar-refractivity contribution in [3.8, 4) is 22.8 Å². The predicted octanol–water partition coefficient (Wildman–Crippen LogP) is -0.883. The number of carbonyl (C=O) groups excluding carboxylic acids is 16. The SMILES string of the molecule is C=C1N[C@@H](CCCNC(=N)N)C(=O)N[C@H](C(=O)NCC(N)=O)CSCC(=O)N[C@@H](Cc2ccc(O)cc2)C(=O)N(C)[C@@H](C)C(=O)N[C@@H](CC(N)=O)C(=O)N2CCC[C@H]2C(=O)N[C@@H](CN)C(=O)N[C@@H](CC(C)C)C(=O)N2C[C@H](O)C[C@H]2C(=O)N[C@@H](Cc2c[nH]c3ccccc23)C(=O)N[C@@H](CO)C(=O)N[C@@H](Cc2c(-c3ccc(OCC)cc3)[nH]c3ccccc23)C(=O)N(C)[C@@H](CCCC)C(=O)N(C)[C@H]1CCCC. The maximum atomic E-state index is 16.3. The van der Waals surface area contributed by atoms with Crippen molar-refractivity contribution >= 4 is 134 Å². The number of likely N-dealkylation sites (N-methyl/N-ethyl adjacent to an activating group) is 3. The molecule has 3 fully saturated rings. The summed E-state index contributed by atoms with van der Waals surface area (Å²) in [7, 11) is 4.14. The third-order valence-electron chi connectivity index (χ3n) is 25.3. The van der Waals surface area contributed by atoms with E-state index in [1.54, 1.807) is 68.6 Å². The number of nitrogens with two attached hydrogens (primary N) is 4. The molecular weight excluding hydrogens is 1840 g/mol. The third kappa shape index (κ3) is 30.6. The summed E-state index contributed by atoms with van der Waals surface area (Å²) in [5.74, 6) is -16.1. The van der Waals surface area contributed by atoms with Crippen molar-refractivity contribution in [2.24, 2.45) is 28.9 Å². The Morgan fingerprint density at radius 3 is 1.82 bits per heavy atom. The Labute approximate surface area is 822 Å². The van der Waals surface area contributed by atoms with Gasteiger partial charge in [0.05, 0.1) is 44.1 Å². The zero-order valence-electron chi connectivity index (χ0n) is 81.2. The second-order valence-electron chi connectivity index (χ2n) is 36.2. The van der Waals surface area contributed by atoms with Crippen molar-refractivity contribution in [2.75, 3.05) is 78.6 Å². The van der Waals surface area contributed by atoms with Crippen LogP contribution >= 0.6 is 11.8 Å². The number of aromatic nitrogens is 2. The highest BCUT2D eigenvalue weighted by atomic mass is 32.2. The fourth-order valence-electron chi connectivity index (χ4n) is 17.6. The molecule has 3 aliphatic heterocycles. The summed E-state index contributed by atoms with van der Waals surface area (Å²) in [6.45, 7) is 12.3. The van der Waals surface area contributed by atoms with E-state index in [4.69, 9.17) is 33.1 Å². The summed E-state index contributed by atoms with van der Waals surface area (Å²) in [4.78, 5) is 249. The molecule has 0 spiro atoms. The lowest BCUT2D eigenvalue weighted by Gasteiger charge is -2.38. The van der Waals surface area contributed by atoms with Gasteiger partial charge in [-0.25, -0.2) is 0 Å². The number of primary amides is 2. The molecule has 15 atom stereocenters. The van der Waals surface area contributed by atoms with Crippen molar-refractivity contribution in [2.45, 2.75) is 235 Å². The zero-order valence-corrected chi connectivity index (χ0v) is 82.0. The molecule has 43 nitrogen and oxygen atoms in total. The lowest BCUT2D eigenvalue weighted by Crippen LogP contribution is -2.62. The van der Waals surface area contributed by atoms with Gasteiger partial charge < -0.3 is 136 Å². The molecule has 0 aliphatic carbocycles. The van der Waals surface area contributed by atoms with Gasteiger partial charge in [0.25, 0.3) is 0 Å². The average molecular weight is 1980 g/mol. The van der Waals surface area contributed by atoms with Crippen LogP contribution in [0.2, 0.25) is 0 Å². The van der Waals surface area contributed by atoms with Crippen LogP contribution in [0.4, 0.5) is 0 Å². The van der Waals surface area contributed by atoms with E-state index >= 15 is 33.6 Å². The molecule has 5 heterocycles. The molecule has 44 heteroatoms. The molecule has 3 saturated heterocycles. The lowest BCUT2D eigenvalue weighted by atomic mass is 9.96. The first kappa shape index (κ1) is 111. The summed E-state index contributed by atoms with van der Waals surface area (Å²) in [5, 5.41) is 72.1. The predicted molar refractivity (Wildman–Crippen MR) is 527 cm³/mol. The Hall–Kier alpha value is -13.9. The number of thioether (sulfide) groups is 1. The quantitative estimate of drug-likeness (QED) is 0.0161. The van der Waals surface area contributed by atoms with Gasteiger partial charge in [0.1, 0.15) is 90.0 Å². The number of hydrogen-bond acceptors (Lipinski definition) is 24. The van der Waals surface area contributed by atoms with E-state index in [1.807, 2.05) is 45.0 Å².